The van der Waals surface area contributed by atoms with E-state index in [-0.39, 0.29) is 6.61 Å². The lowest BCUT2D eigenvalue weighted by Gasteiger charge is -2.34. The van der Waals surface area contributed by atoms with E-state index < -0.39 is 22.3 Å². The predicted octanol–water partition coefficient (Wildman–Crippen LogP) is 29.0. The summed E-state index contributed by atoms with van der Waals surface area (Å²) in [7, 11) is 5.02. The molecule has 3 aliphatic carbocycles. The van der Waals surface area contributed by atoms with Crippen molar-refractivity contribution in [3.8, 4) is 119 Å². The highest BCUT2D eigenvalue weighted by Crippen LogP contribution is 2.60. The summed E-state index contributed by atoms with van der Waals surface area (Å²) in [5.74, 6) is 7.02. The van der Waals surface area contributed by atoms with Crippen LogP contribution >= 0.6 is 0 Å². The number of epoxide rings is 1. The van der Waals surface area contributed by atoms with Crippen LogP contribution in [0.25, 0.3) is 66.8 Å². The first-order valence-corrected chi connectivity index (χ1v) is 45.2. The van der Waals surface area contributed by atoms with Gasteiger partial charge in [0, 0.05) is 13.5 Å². The summed E-state index contributed by atoms with van der Waals surface area (Å²) in [6.07, 6.45) is 0.287. The summed E-state index contributed by atoms with van der Waals surface area (Å²) in [6.45, 7) is 7.89. The second-order valence-electron chi connectivity index (χ2n) is 34.4. The summed E-state index contributed by atoms with van der Waals surface area (Å²) in [5.41, 5.74) is 31.6. The van der Waals surface area contributed by atoms with Gasteiger partial charge in [0.25, 0.3) is 0 Å². The molecule has 132 heavy (non-hydrogen) atoms. The molecule has 18 aromatic rings. The fourth-order valence-corrected chi connectivity index (χ4v) is 19.8. The van der Waals surface area contributed by atoms with Crippen molar-refractivity contribution in [3.63, 3.8) is 0 Å². The first-order chi connectivity index (χ1) is 64.8. The van der Waals surface area contributed by atoms with Crippen LogP contribution in [0.3, 0.4) is 0 Å². The average Bonchev–Trinajstić information content (AvgIpc) is 1.55. The van der Waals surface area contributed by atoms with E-state index in [9.17, 15) is 5.11 Å². The lowest BCUT2D eigenvalue weighted by Crippen LogP contribution is -2.28. The summed E-state index contributed by atoms with van der Waals surface area (Å²) in [6, 6.07) is 152. The lowest BCUT2D eigenvalue weighted by atomic mass is 9.68. The largest absolute Gasteiger partial charge is 0.497 e. The Morgan fingerprint density at radius 3 is 0.841 bits per heavy atom. The van der Waals surface area contributed by atoms with E-state index in [4.69, 9.17) is 37.9 Å². The van der Waals surface area contributed by atoms with E-state index in [2.05, 4.69) is 421 Å². The maximum absolute atomic E-state index is 10.9. The molecule has 2 unspecified atom stereocenters. The zero-order valence-electron chi connectivity index (χ0n) is 74.7. The maximum atomic E-state index is 10.9. The number of benzene rings is 18. The number of hydrogen-bond acceptors (Lipinski definition) is 9. The molecule has 0 bridgehead atoms. The summed E-state index contributed by atoms with van der Waals surface area (Å²) >= 11 is 0. The van der Waals surface area contributed by atoms with Crippen LogP contribution in [0.5, 0.6) is 51.7 Å². The van der Waals surface area contributed by atoms with Crippen LogP contribution in [0.2, 0.25) is 0 Å². The number of hydrogen-bond donors (Lipinski definition) is 1. The molecule has 1 heterocycles. The van der Waals surface area contributed by atoms with E-state index in [1.807, 2.05) is 30.3 Å². The van der Waals surface area contributed by atoms with Crippen LogP contribution in [0.15, 0.2) is 431 Å². The minimum atomic E-state index is -0.682. The molecule has 1 saturated heterocycles. The van der Waals surface area contributed by atoms with Gasteiger partial charge in [0.15, 0.2) is 0 Å². The predicted molar refractivity (Wildman–Crippen MR) is 531 cm³/mol. The van der Waals surface area contributed by atoms with Crippen LogP contribution in [0.1, 0.15) is 95.9 Å². The van der Waals surface area contributed by atoms with Crippen molar-refractivity contribution in [1.29, 1.82) is 0 Å². The zero-order chi connectivity index (χ0) is 89.7. The summed E-state index contributed by atoms with van der Waals surface area (Å²) < 4.78 is 47.1. The van der Waals surface area contributed by atoms with Gasteiger partial charge < -0.3 is 43.0 Å². The Morgan fingerprint density at radius 1 is 0.295 bits per heavy atom. The molecule has 22 rings (SSSR count). The van der Waals surface area contributed by atoms with Crippen molar-refractivity contribution < 1.29 is 43.0 Å². The Labute approximate surface area is 773 Å². The first kappa shape index (κ1) is 84.8. The number of aliphatic hydroxyl groups is 1. The number of aliphatic hydroxyl groups excluding tert-OH is 1. The smallest absolute Gasteiger partial charge is 0.130 e. The van der Waals surface area contributed by atoms with Crippen molar-refractivity contribution in [2.75, 3.05) is 34.5 Å². The van der Waals surface area contributed by atoms with Crippen LogP contribution in [0, 0.1) is 13.8 Å². The van der Waals surface area contributed by atoms with Gasteiger partial charge >= 0.3 is 0 Å². The number of aryl methyl sites for hydroxylation is 2. The van der Waals surface area contributed by atoms with Crippen molar-refractivity contribution in [3.05, 3.63) is 520 Å². The summed E-state index contributed by atoms with van der Waals surface area (Å²) in [4.78, 5) is 0. The summed E-state index contributed by atoms with van der Waals surface area (Å²) in [5, 5.41) is 10.9. The number of fused-ring (bicyclic) bond motifs is 9. The van der Waals surface area contributed by atoms with Gasteiger partial charge in [-0.05, 0) is 275 Å². The van der Waals surface area contributed by atoms with E-state index in [1.165, 1.54) is 111 Å². The third kappa shape index (κ3) is 16.4. The van der Waals surface area contributed by atoms with Gasteiger partial charge in [-0.3, -0.25) is 0 Å². The molecule has 0 amide bonds. The minimum Gasteiger partial charge on any atom is -0.497 e. The molecule has 9 nitrogen and oxygen atoms in total. The molecule has 0 aromatic heterocycles. The monoisotopic (exact) mass is 1720 g/mol. The molecule has 646 valence electrons. The fraction of sp³-hybridized carbons (Fsp3) is 0.122. The van der Waals surface area contributed by atoms with Crippen LogP contribution in [0.4, 0.5) is 0 Å². The van der Waals surface area contributed by atoms with Gasteiger partial charge in [0.1, 0.15) is 58.4 Å². The minimum absolute atomic E-state index is 0.227. The number of methoxy groups -OCH3 is 3. The van der Waals surface area contributed by atoms with Crippen molar-refractivity contribution >= 4 is 0 Å². The van der Waals surface area contributed by atoms with Gasteiger partial charge in [-0.2, -0.15) is 0 Å². The van der Waals surface area contributed by atoms with Gasteiger partial charge in [-0.1, -0.05) is 333 Å². The quantitative estimate of drug-likeness (QED) is 0.0593. The highest BCUT2D eigenvalue weighted by Gasteiger charge is 2.49. The highest BCUT2D eigenvalue weighted by molar-refractivity contribution is 5.90. The second-order valence-corrected chi connectivity index (χ2v) is 34.4. The lowest BCUT2D eigenvalue weighted by molar-refractivity contribution is 0.0647. The van der Waals surface area contributed by atoms with Crippen LogP contribution < -0.4 is 28.4 Å². The third-order valence-electron chi connectivity index (χ3n) is 26.3. The maximum Gasteiger partial charge on any atom is 0.130 e. The Bertz CT molecular complexity index is 6950. The molecule has 0 spiro atoms. The highest BCUT2D eigenvalue weighted by atomic mass is 16.6. The second kappa shape index (κ2) is 37.0. The first-order valence-electron chi connectivity index (χ1n) is 45.2. The zero-order valence-corrected chi connectivity index (χ0v) is 74.7. The van der Waals surface area contributed by atoms with E-state index in [0.717, 1.165) is 91.4 Å². The van der Waals surface area contributed by atoms with Crippen LogP contribution in [-0.2, 0) is 38.7 Å². The SMILES string of the molecule is CC1CO1.COCC(O)Cc1cc(-c2ccc(C)cc2)ccc1Oc1ccc(C2(c3ccc(OCc4ccc(-c5ccc(Oc6ccc(C7(c8ccc(OC)cc8)c8ccccc8-c8ccccc87)cc6)cc5)cc4)cc3)c3ccccc3-c3ccccc32)cc1.COc1ccc(C2(c3ccc(Oc4ccc(-c5ccc(C)cc5)cc4)cc3)c3ccccc3-c3ccccc32)cc1. The molecular weight excluding hydrogens is 1620 g/mol. The Balaban J connectivity index is 0.000000199. The van der Waals surface area contributed by atoms with E-state index in [0.29, 0.717) is 30.6 Å². The van der Waals surface area contributed by atoms with Crippen molar-refractivity contribution in [2.45, 2.75) is 62.3 Å². The van der Waals surface area contributed by atoms with E-state index >= 15 is 0 Å². The van der Waals surface area contributed by atoms with Crippen molar-refractivity contribution in [2.24, 2.45) is 0 Å². The average molecular weight is 1720 g/mol. The standard InChI is InChI=1S/C81H64O6.C39H30O2.C3H6O/c1-54-20-24-58(25-21-54)59-30-49-79(60(50-59)51-65(82)53-83-2)87-70-47-37-64(38-48-70)81(77-18-10-6-14-73(77)74-15-7-11-19-78(74)81)62-33-43-67(44-34-62)85-52-55-22-26-56(27-23-55)57-28-39-68(40-29-57)86-69-45-35-63(36-46-69)80(61-31-41-66(84-3)42-32-61)75-16-8-4-12-71(75)72-13-5-9-17-76(72)80;1-27-11-13-28(14-12-27)29-15-21-33(22-16-29)41-34-25-19-31(20-26-34)39(30-17-23-32(40-2)24-18-30)37-9-5-3-7-35(37)36-8-4-6-10-38(36)39;1-3-2-4-3/h4-50,65,82H,51-53H2,1-3H3;3-26H,1-2H3;3H,2H2,1H3. The molecule has 0 saturated carbocycles. The normalized spacial score (nSPS) is 14.0. The molecular formula is C123H100O9. The Hall–Kier alpha value is -15.4. The molecule has 18 aromatic carbocycles. The molecule has 1 fully saturated rings. The molecule has 4 aliphatic rings. The van der Waals surface area contributed by atoms with Crippen molar-refractivity contribution in [1.82, 2.24) is 0 Å². The molecule has 2 atom stereocenters. The van der Waals surface area contributed by atoms with Gasteiger partial charge in [-0.15, -0.1) is 0 Å². The molecule has 0 radical (unpaired) electrons. The number of rotatable bonds is 24. The van der Waals surface area contributed by atoms with Gasteiger partial charge in [-0.25, -0.2) is 0 Å². The van der Waals surface area contributed by atoms with E-state index in [1.54, 1.807) is 21.3 Å². The third-order valence-corrected chi connectivity index (χ3v) is 26.3. The molecule has 1 N–H and O–H groups in total. The van der Waals surface area contributed by atoms with Gasteiger partial charge in [0.2, 0.25) is 0 Å². The van der Waals surface area contributed by atoms with Crippen LogP contribution in [-0.4, -0.2) is 51.9 Å². The number of ether oxygens (including phenoxy) is 8. The molecule has 1 aliphatic heterocycles. The van der Waals surface area contributed by atoms with Gasteiger partial charge in [0.05, 0.1) is 55.9 Å². The molecule has 9 heteroatoms. The Kier molecular flexibility index (Phi) is 23.8. The Morgan fingerprint density at radius 2 is 0.545 bits per heavy atom. The topological polar surface area (TPSA) is 97.4 Å². The fourth-order valence-electron chi connectivity index (χ4n) is 19.8.